The van der Waals surface area contributed by atoms with Crippen LogP contribution in [0.5, 0.6) is 0 Å². The van der Waals surface area contributed by atoms with Crippen molar-refractivity contribution in [2.45, 2.75) is 50.7 Å². The number of nitrogens with zero attached hydrogens (tertiary/aromatic N) is 2. The number of benzene rings is 1. The molecule has 2 aliphatic carbocycles. The van der Waals surface area contributed by atoms with E-state index in [1.807, 2.05) is 0 Å². The highest BCUT2D eigenvalue weighted by molar-refractivity contribution is 9.10. The molecule has 1 saturated carbocycles. The van der Waals surface area contributed by atoms with E-state index in [1.54, 1.807) is 0 Å². The maximum atomic E-state index is 6.12. The summed E-state index contributed by atoms with van der Waals surface area (Å²) >= 11 is 3.73. The Hall–Kier alpha value is -1.17. The van der Waals surface area contributed by atoms with Crippen molar-refractivity contribution in [3.8, 4) is 5.69 Å². The van der Waals surface area contributed by atoms with Gasteiger partial charge in [-0.15, -0.1) is 0 Å². The largest absolute Gasteiger partial charge is 0.347 e. The van der Waals surface area contributed by atoms with Crippen LogP contribution in [-0.2, 0) is 21.3 Å². The highest BCUT2D eigenvalue weighted by atomic mass is 79.9. The number of hydrogen-bond donors (Lipinski definition) is 0. The van der Waals surface area contributed by atoms with Crippen molar-refractivity contribution in [1.82, 2.24) is 9.55 Å². The lowest BCUT2D eigenvalue weighted by Crippen LogP contribution is -2.55. The lowest BCUT2D eigenvalue weighted by Gasteiger charge is -2.53. The van der Waals surface area contributed by atoms with Crippen LogP contribution in [0.4, 0.5) is 0 Å². The van der Waals surface area contributed by atoms with Crippen LogP contribution in [-0.4, -0.2) is 28.6 Å². The highest BCUT2D eigenvalue weighted by Crippen LogP contribution is 2.57. The second-order valence-electron chi connectivity index (χ2n) is 8.21. The molecule has 138 valence electrons. The van der Waals surface area contributed by atoms with E-state index in [1.165, 1.54) is 17.1 Å². The summed E-state index contributed by atoms with van der Waals surface area (Å²) in [6.45, 7) is 6.19. The van der Waals surface area contributed by atoms with Crippen LogP contribution in [0, 0.1) is 11.8 Å². The molecule has 0 unspecified atom stereocenters. The van der Waals surface area contributed by atoms with Crippen LogP contribution in [0.15, 0.2) is 35.1 Å². The summed E-state index contributed by atoms with van der Waals surface area (Å²) in [5.74, 6) is 0.561. The second kappa shape index (κ2) is 5.91. The fraction of sp³-hybridized carbons (Fsp3) is 0.571. The van der Waals surface area contributed by atoms with Crippen LogP contribution in [0.25, 0.3) is 5.69 Å². The Morgan fingerprint density at radius 1 is 1.15 bits per heavy atom. The Kier molecular flexibility index (Phi) is 3.86. The van der Waals surface area contributed by atoms with Gasteiger partial charge in [0.05, 0.1) is 18.9 Å². The molecule has 3 atom stereocenters. The average molecular weight is 417 g/mol. The molecule has 1 aromatic heterocycles. The lowest BCUT2D eigenvalue weighted by atomic mass is 9.55. The Morgan fingerprint density at radius 3 is 2.62 bits per heavy atom. The summed E-state index contributed by atoms with van der Waals surface area (Å²) in [6.07, 6.45) is 4.22. The van der Waals surface area contributed by atoms with Crippen molar-refractivity contribution in [3.05, 3.63) is 46.5 Å². The number of fused-ring (bicyclic) bond motifs is 3. The Morgan fingerprint density at radius 2 is 1.88 bits per heavy atom. The van der Waals surface area contributed by atoms with E-state index in [0.29, 0.717) is 11.8 Å². The van der Waals surface area contributed by atoms with E-state index in [-0.39, 0.29) is 11.2 Å². The van der Waals surface area contributed by atoms with Crippen molar-refractivity contribution in [2.24, 2.45) is 11.8 Å². The number of aromatic nitrogens is 2. The van der Waals surface area contributed by atoms with E-state index in [0.717, 1.165) is 43.6 Å². The second-order valence-corrected chi connectivity index (χ2v) is 8.92. The number of hydrogen-bond acceptors (Lipinski definition) is 3. The van der Waals surface area contributed by atoms with Gasteiger partial charge in [-0.3, -0.25) is 4.57 Å². The van der Waals surface area contributed by atoms with Crippen LogP contribution in [0.1, 0.15) is 44.5 Å². The van der Waals surface area contributed by atoms with Crippen molar-refractivity contribution >= 4 is 15.9 Å². The van der Waals surface area contributed by atoms with Gasteiger partial charge in [-0.2, -0.15) is 0 Å². The van der Waals surface area contributed by atoms with Crippen molar-refractivity contribution in [2.75, 3.05) is 13.2 Å². The molecule has 2 heterocycles. The molecule has 1 aromatic carbocycles. The van der Waals surface area contributed by atoms with Gasteiger partial charge in [-0.25, -0.2) is 4.98 Å². The quantitative estimate of drug-likeness (QED) is 0.679. The SMILES string of the molecule is C[C@H]1[C@@H]2CCc3c(nc(Br)n3-c3ccccc3)[C@@]2(C)CCC12OCCO2. The topological polar surface area (TPSA) is 36.3 Å². The Labute approximate surface area is 163 Å². The zero-order valence-electron chi connectivity index (χ0n) is 15.4. The number of ether oxygens (including phenoxy) is 2. The predicted octanol–water partition coefficient (Wildman–Crippen LogP) is 4.63. The van der Waals surface area contributed by atoms with E-state index in [4.69, 9.17) is 14.5 Å². The predicted molar refractivity (Wildman–Crippen MR) is 103 cm³/mol. The van der Waals surface area contributed by atoms with Gasteiger partial charge in [0, 0.05) is 29.1 Å². The zero-order valence-corrected chi connectivity index (χ0v) is 17.0. The fourth-order valence-corrected chi connectivity index (χ4v) is 6.28. The number of imidazole rings is 1. The van der Waals surface area contributed by atoms with Gasteiger partial charge in [0.1, 0.15) is 0 Å². The summed E-state index contributed by atoms with van der Waals surface area (Å²) < 4.78 is 15.4. The summed E-state index contributed by atoms with van der Waals surface area (Å²) in [5.41, 5.74) is 3.89. The normalized spacial score (nSPS) is 32.4. The molecule has 0 amide bonds. The molecule has 0 radical (unpaired) electrons. The maximum Gasteiger partial charge on any atom is 0.182 e. The van der Waals surface area contributed by atoms with Crippen LogP contribution < -0.4 is 0 Å². The highest BCUT2D eigenvalue weighted by Gasteiger charge is 2.58. The summed E-state index contributed by atoms with van der Waals surface area (Å²) in [5, 5.41) is 0. The van der Waals surface area contributed by atoms with E-state index < -0.39 is 0 Å². The standard InChI is InChI=1S/C21H25BrN2O2/c1-14-16-8-9-17-18(20(16,2)10-11-21(14)25-12-13-26-21)23-19(22)24(17)15-6-4-3-5-7-15/h3-7,14,16H,8-13H2,1-2H3/t14-,16-,20-/m0/s1. The third kappa shape index (κ3) is 2.23. The van der Waals surface area contributed by atoms with Gasteiger partial charge in [0.2, 0.25) is 0 Å². The minimum atomic E-state index is -0.360. The first kappa shape index (κ1) is 17.0. The van der Waals surface area contributed by atoms with Crippen LogP contribution >= 0.6 is 15.9 Å². The molecule has 0 bridgehead atoms. The van der Waals surface area contributed by atoms with E-state index in [2.05, 4.69) is 64.7 Å². The van der Waals surface area contributed by atoms with Crippen molar-refractivity contribution in [1.29, 1.82) is 0 Å². The van der Waals surface area contributed by atoms with Gasteiger partial charge in [0.25, 0.3) is 0 Å². The summed E-state index contributed by atoms with van der Waals surface area (Å²) in [6, 6.07) is 10.5. The minimum absolute atomic E-state index is 0.0795. The number of para-hydroxylation sites is 1. The Bertz CT molecular complexity index is 828. The zero-order chi connectivity index (χ0) is 17.9. The molecule has 4 nitrogen and oxygen atoms in total. The summed E-state index contributed by atoms with van der Waals surface area (Å²) in [4.78, 5) is 5.03. The first-order valence-electron chi connectivity index (χ1n) is 9.66. The number of rotatable bonds is 1. The fourth-order valence-electron chi connectivity index (χ4n) is 5.69. The molecular weight excluding hydrogens is 392 g/mol. The molecule has 0 N–H and O–H groups in total. The maximum absolute atomic E-state index is 6.12. The van der Waals surface area contributed by atoms with Crippen molar-refractivity contribution < 1.29 is 9.47 Å². The summed E-state index contributed by atoms with van der Waals surface area (Å²) in [7, 11) is 0. The molecule has 2 aromatic rings. The lowest BCUT2D eigenvalue weighted by molar-refractivity contribution is -0.234. The molecular formula is C21H25BrN2O2. The van der Waals surface area contributed by atoms with Gasteiger partial charge < -0.3 is 9.47 Å². The van der Waals surface area contributed by atoms with Gasteiger partial charge >= 0.3 is 0 Å². The molecule has 5 rings (SSSR count). The minimum Gasteiger partial charge on any atom is -0.347 e. The third-order valence-electron chi connectivity index (χ3n) is 7.06. The molecule has 5 heteroatoms. The van der Waals surface area contributed by atoms with Gasteiger partial charge in [-0.1, -0.05) is 32.0 Å². The van der Waals surface area contributed by atoms with E-state index in [9.17, 15) is 0 Å². The first-order valence-corrected chi connectivity index (χ1v) is 10.5. The molecule has 1 aliphatic heterocycles. The molecule has 1 saturated heterocycles. The molecule has 2 fully saturated rings. The van der Waals surface area contributed by atoms with Crippen molar-refractivity contribution in [3.63, 3.8) is 0 Å². The van der Waals surface area contributed by atoms with Crippen LogP contribution in [0.2, 0.25) is 0 Å². The van der Waals surface area contributed by atoms with E-state index >= 15 is 0 Å². The van der Waals surface area contributed by atoms with Gasteiger partial charge in [0.15, 0.2) is 10.5 Å². The monoisotopic (exact) mass is 416 g/mol. The molecule has 3 aliphatic rings. The first-order chi connectivity index (χ1) is 12.6. The van der Waals surface area contributed by atoms with Crippen LogP contribution in [0.3, 0.4) is 0 Å². The number of halogens is 1. The molecule has 1 spiro atoms. The average Bonchev–Trinajstić information content (AvgIpc) is 3.25. The smallest absolute Gasteiger partial charge is 0.182 e. The third-order valence-corrected chi connectivity index (χ3v) is 7.60. The Balaban J connectivity index is 1.58. The molecule has 26 heavy (non-hydrogen) atoms. The van der Waals surface area contributed by atoms with Gasteiger partial charge in [-0.05, 0) is 53.2 Å².